The van der Waals surface area contributed by atoms with Gasteiger partial charge in [0.05, 0.1) is 0 Å². The van der Waals surface area contributed by atoms with E-state index in [4.69, 9.17) is 4.74 Å². The molecule has 0 aromatic heterocycles. The highest BCUT2D eigenvalue weighted by Gasteiger charge is 2.29. The molecule has 6 nitrogen and oxygen atoms in total. The lowest BCUT2D eigenvalue weighted by molar-refractivity contribution is -0.123. The maximum atomic E-state index is 13.2. The van der Waals surface area contributed by atoms with Gasteiger partial charge in [-0.1, -0.05) is 60.6 Å². The SMILES string of the molecule is CCC(Oc1ccc(C(C)(C)CC)cc1C(C)(C)CC)C(=O)Nc1cc(O)cc(NC(=O)C(C)F)c1. The molecule has 36 heavy (non-hydrogen) atoms. The molecule has 0 heterocycles. The van der Waals surface area contributed by atoms with E-state index in [9.17, 15) is 19.1 Å². The van der Waals surface area contributed by atoms with Crippen molar-refractivity contribution in [2.24, 2.45) is 0 Å². The Balaban J connectivity index is 2.32. The average Bonchev–Trinajstić information content (AvgIpc) is 2.81. The molecule has 0 aliphatic carbocycles. The molecule has 0 spiro atoms. The van der Waals surface area contributed by atoms with E-state index >= 15 is 0 Å². The molecule has 198 valence electrons. The van der Waals surface area contributed by atoms with Gasteiger partial charge in [-0.25, -0.2) is 4.39 Å². The molecule has 2 aromatic carbocycles. The molecule has 0 aliphatic rings. The van der Waals surface area contributed by atoms with Gasteiger partial charge in [-0.15, -0.1) is 0 Å². The normalized spacial score (nSPS) is 13.6. The number of anilines is 2. The van der Waals surface area contributed by atoms with Crippen LogP contribution in [0.1, 0.15) is 85.8 Å². The molecule has 0 bridgehead atoms. The third-order valence-electron chi connectivity index (χ3n) is 7.00. The van der Waals surface area contributed by atoms with Crippen molar-refractivity contribution in [1.29, 1.82) is 0 Å². The number of rotatable bonds is 11. The number of benzene rings is 2. The molecular formula is C29H41FN2O4. The van der Waals surface area contributed by atoms with E-state index in [1.165, 1.54) is 23.8 Å². The molecule has 2 aromatic rings. The number of hydrogen-bond donors (Lipinski definition) is 3. The van der Waals surface area contributed by atoms with Gasteiger partial charge in [-0.3, -0.25) is 9.59 Å². The van der Waals surface area contributed by atoms with Gasteiger partial charge in [0.2, 0.25) is 0 Å². The summed E-state index contributed by atoms with van der Waals surface area (Å²) in [5.74, 6) is -0.740. The van der Waals surface area contributed by atoms with Crippen LogP contribution >= 0.6 is 0 Å². The first-order valence-electron chi connectivity index (χ1n) is 12.7. The number of phenols is 1. The summed E-state index contributed by atoms with van der Waals surface area (Å²) in [6, 6.07) is 10.3. The lowest BCUT2D eigenvalue weighted by Gasteiger charge is -2.31. The molecular weight excluding hydrogens is 459 g/mol. The number of hydrogen-bond acceptors (Lipinski definition) is 4. The summed E-state index contributed by atoms with van der Waals surface area (Å²) >= 11 is 0. The lowest BCUT2D eigenvalue weighted by atomic mass is 9.76. The highest BCUT2D eigenvalue weighted by atomic mass is 19.1. The molecule has 7 heteroatoms. The van der Waals surface area contributed by atoms with Crippen molar-refractivity contribution in [3.63, 3.8) is 0 Å². The van der Waals surface area contributed by atoms with Crippen molar-refractivity contribution in [1.82, 2.24) is 0 Å². The summed E-state index contributed by atoms with van der Waals surface area (Å²) in [5.41, 5.74) is 2.57. The molecule has 2 unspecified atom stereocenters. The second kappa shape index (κ2) is 11.8. The number of aromatic hydroxyl groups is 1. The van der Waals surface area contributed by atoms with Crippen LogP contribution in [-0.2, 0) is 20.4 Å². The number of amides is 2. The van der Waals surface area contributed by atoms with Crippen LogP contribution < -0.4 is 15.4 Å². The van der Waals surface area contributed by atoms with Gasteiger partial charge in [0.15, 0.2) is 12.3 Å². The highest BCUT2D eigenvalue weighted by Crippen LogP contribution is 2.39. The van der Waals surface area contributed by atoms with E-state index in [0.29, 0.717) is 12.2 Å². The largest absolute Gasteiger partial charge is 0.508 e. The fraction of sp³-hybridized carbons (Fsp3) is 0.517. The minimum atomic E-state index is -1.71. The second-order valence-corrected chi connectivity index (χ2v) is 10.6. The zero-order valence-corrected chi connectivity index (χ0v) is 22.8. The molecule has 2 atom stereocenters. The van der Waals surface area contributed by atoms with Crippen LogP contribution in [-0.4, -0.2) is 29.2 Å². The highest BCUT2D eigenvalue weighted by molar-refractivity contribution is 5.97. The molecule has 0 saturated heterocycles. The monoisotopic (exact) mass is 500 g/mol. The smallest absolute Gasteiger partial charge is 0.265 e. The zero-order chi connectivity index (χ0) is 27.3. The van der Waals surface area contributed by atoms with Gasteiger partial charge in [0, 0.05) is 29.1 Å². The first-order chi connectivity index (χ1) is 16.7. The van der Waals surface area contributed by atoms with Crippen LogP contribution in [0.4, 0.5) is 15.8 Å². The minimum absolute atomic E-state index is 0.0149. The van der Waals surface area contributed by atoms with Gasteiger partial charge in [-0.05, 0) is 54.7 Å². The Labute approximate surface area is 214 Å². The van der Waals surface area contributed by atoms with Crippen LogP contribution in [0, 0.1) is 0 Å². The quantitative estimate of drug-likeness (QED) is 0.314. The maximum absolute atomic E-state index is 13.2. The van der Waals surface area contributed by atoms with E-state index in [1.807, 2.05) is 13.0 Å². The summed E-state index contributed by atoms with van der Waals surface area (Å²) < 4.78 is 19.5. The molecule has 0 radical (unpaired) electrons. The molecule has 0 aliphatic heterocycles. The van der Waals surface area contributed by atoms with Crippen molar-refractivity contribution in [2.75, 3.05) is 10.6 Å². The minimum Gasteiger partial charge on any atom is -0.508 e. The summed E-state index contributed by atoms with van der Waals surface area (Å²) in [4.78, 5) is 24.8. The summed E-state index contributed by atoms with van der Waals surface area (Å²) in [5, 5.41) is 15.1. The van der Waals surface area contributed by atoms with Crippen molar-refractivity contribution >= 4 is 23.2 Å². The van der Waals surface area contributed by atoms with Gasteiger partial charge in [0.1, 0.15) is 11.5 Å². The Hall–Kier alpha value is -3.09. The van der Waals surface area contributed by atoms with E-state index in [0.717, 1.165) is 25.3 Å². The van der Waals surface area contributed by atoms with Gasteiger partial charge < -0.3 is 20.5 Å². The van der Waals surface area contributed by atoms with Crippen LogP contribution in [0.15, 0.2) is 36.4 Å². The average molecular weight is 501 g/mol. The Bertz CT molecular complexity index is 1080. The van der Waals surface area contributed by atoms with Gasteiger partial charge in [-0.2, -0.15) is 0 Å². The number of ether oxygens (including phenoxy) is 1. The fourth-order valence-corrected chi connectivity index (χ4v) is 3.67. The first kappa shape index (κ1) is 29.1. The predicted molar refractivity (Wildman–Crippen MR) is 144 cm³/mol. The zero-order valence-electron chi connectivity index (χ0n) is 22.8. The summed E-state index contributed by atoms with van der Waals surface area (Å²) in [6.07, 6.45) is -0.179. The van der Waals surface area contributed by atoms with Crippen LogP contribution in [0.5, 0.6) is 11.5 Å². The number of alkyl halides is 1. The number of carbonyl (C=O) groups is 2. The molecule has 2 rings (SSSR count). The van der Waals surface area contributed by atoms with Crippen LogP contribution in [0.2, 0.25) is 0 Å². The first-order valence-corrected chi connectivity index (χ1v) is 12.7. The van der Waals surface area contributed by atoms with Crippen molar-refractivity contribution in [3.05, 3.63) is 47.5 Å². The predicted octanol–water partition coefficient (Wildman–Crippen LogP) is 6.86. The number of nitrogens with one attached hydrogen (secondary N) is 2. The van der Waals surface area contributed by atoms with Crippen molar-refractivity contribution in [3.8, 4) is 11.5 Å². The number of halogens is 1. The maximum Gasteiger partial charge on any atom is 0.265 e. The Morgan fingerprint density at radius 1 is 0.917 bits per heavy atom. The number of phenolic OH excluding ortho intramolecular Hbond substituents is 1. The molecule has 0 fully saturated rings. The molecule has 2 amide bonds. The van der Waals surface area contributed by atoms with E-state index in [1.54, 1.807) is 0 Å². The summed E-state index contributed by atoms with van der Waals surface area (Å²) in [7, 11) is 0. The van der Waals surface area contributed by atoms with E-state index < -0.39 is 24.1 Å². The van der Waals surface area contributed by atoms with Crippen molar-refractivity contribution in [2.45, 2.75) is 97.8 Å². The lowest BCUT2D eigenvalue weighted by Crippen LogP contribution is -2.33. The Morgan fingerprint density at radius 3 is 1.97 bits per heavy atom. The fourth-order valence-electron chi connectivity index (χ4n) is 3.67. The second-order valence-electron chi connectivity index (χ2n) is 10.6. The van der Waals surface area contributed by atoms with Crippen molar-refractivity contribution < 1.29 is 23.8 Å². The Morgan fingerprint density at radius 2 is 1.47 bits per heavy atom. The van der Waals surface area contributed by atoms with E-state index in [-0.39, 0.29) is 28.0 Å². The molecule has 0 saturated carbocycles. The Kier molecular flexibility index (Phi) is 9.52. The standard InChI is InChI=1S/C29H41FN2O4/c1-9-24(27(35)32-21-15-20(16-22(33)17-21)31-26(34)18(4)30)36-25-13-12-19(28(5,6)10-2)14-23(25)29(7,8)11-3/h12-18,24,33H,9-11H2,1-8H3,(H,31,34)(H,32,35). The van der Waals surface area contributed by atoms with Gasteiger partial charge >= 0.3 is 0 Å². The molecule has 3 N–H and O–H groups in total. The third kappa shape index (κ3) is 7.21. The third-order valence-corrected chi connectivity index (χ3v) is 7.00. The van der Waals surface area contributed by atoms with Crippen LogP contribution in [0.25, 0.3) is 0 Å². The number of carbonyl (C=O) groups excluding carboxylic acids is 2. The van der Waals surface area contributed by atoms with Crippen LogP contribution in [0.3, 0.4) is 0 Å². The topological polar surface area (TPSA) is 87.7 Å². The summed E-state index contributed by atoms with van der Waals surface area (Å²) in [6.45, 7) is 16.0. The van der Waals surface area contributed by atoms with E-state index in [2.05, 4.69) is 64.3 Å². The van der Waals surface area contributed by atoms with Gasteiger partial charge in [0.25, 0.3) is 11.8 Å².